The summed E-state index contributed by atoms with van der Waals surface area (Å²) in [5.41, 5.74) is 2.68. The lowest BCUT2D eigenvalue weighted by atomic mass is 10.0. The van der Waals surface area contributed by atoms with E-state index in [0.29, 0.717) is 16.9 Å². The van der Waals surface area contributed by atoms with Crippen molar-refractivity contribution in [3.8, 4) is 0 Å². The zero-order valence-electron chi connectivity index (χ0n) is 12.9. The van der Waals surface area contributed by atoms with Gasteiger partial charge in [-0.2, -0.15) is 5.10 Å². The normalized spacial score (nSPS) is 17.2. The van der Waals surface area contributed by atoms with Crippen LogP contribution >= 0.6 is 11.3 Å². The lowest BCUT2D eigenvalue weighted by Crippen LogP contribution is -2.16. The summed E-state index contributed by atoms with van der Waals surface area (Å²) in [6.07, 6.45) is 6.00. The van der Waals surface area contributed by atoms with Crippen LogP contribution in [0.5, 0.6) is 0 Å². The topological polar surface area (TPSA) is 69.4 Å². The van der Waals surface area contributed by atoms with Crippen molar-refractivity contribution in [1.29, 1.82) is 0 Å². The minimum atomic E-state index is -0.361. The van der Waals surface area contributed by atoms with Gasteiger partial charge in [-0.25, -0.2) is 19.3 Å². The van der Waals surface area contributed by atoms with Crippen molar-refractivity contribution in [1.82, 2.24) is 19.6 Å². The van der Waals surface area contributed by atoms with Gasteiger partial charge in [0.25, 0.3) is 0 Å². The molecule has 1 aliphatic carbocycles. The smallest absolute Gasteiger partial charge is 0.344 e. The number of carbonyl (C=O) groups excluding carboxylic acids is 1. The van der Waals surface area contributed by atoms with E-state index in [2.05, 4.69) is 15.1 Å². The monoisotopic (exact) mass is 328 g/mol. The highest BCUT2D eigenvalue weighted by Gasteiger charge is 2.29. The summed E-state index contributed by atoms with van der Waals surface area (Å²) in [7, 11) is 0. The van der Waals surface area contributed by atoms with E-state index < -0.39 is 0 Å². The second kappa shape index (κ2) is 5.42. The molecule has 7 heteroatoms. The van der Waals surface area contributed by atoms with E-state index in [1.807, 2.05) is 6.92 Å². The second-order valence-corrected chi connectivity index (χ2v) is 6.91. The van der Waals surface area contributed by atoms with Crippen LogP contribution in [-0.2, 0) is 11.2 Å². The van der Waals surface area contributed by atoms with Crippen molar-refractivity contribution in [2.45, 2.75) is 39.2 Å². The zero-order chi connectivity index (χ0) is 16.0. The number of hydrogen-bond donors (Lipinski definition) is 0. The average Bonchev–Trinajstić information content (AvgIpc) is 3.06. The van der Waals surface area contributed by atoms with Crippen LogP contribution in [0.1, 0.15) is 50.6 Å². The maximum Gasteiger partial charge on any atom is 0.344 e. The van der Waals surface area contributed by atoms with Crippen LogP contribution in [-0.4, -0.2) is 25.6 Å². The molecule has 0 radical (unpaired) electrons. The fraction of sp³-hybridized carbons (Fsp3) is 0.375. The first-order valence-corrected chi connectivity index (χ1v) is 8.42. The molecular weight excluding hydrogens is 312 g/mol. The Hall–Kier alpha value is -2.28. The van der Waals surface area contributed by atoms with E-state index in [4.69, 9.17) is 4.74 Å². The first-order chi connectivity index (χ1) is 11.1. The Morgan fingerprint density at radius 3 is 3.17 bits per heavy atom. The summed E-state index contributed by atoms with van der Waals surface area (Å²) in [6.45, 7) is 3.79. The highest BCUT2D eigenvalue weighted by Crippen LogP contribution is 2.37. The van der Waals surface area contributed by atoms with Crippen LogP contribution in [0.3, 0.4) is 0 Å². The van der Waals surface area contributed by atoms with Gasteiger partial charge < -0.3 is 4.74 Å². The molecule has 6 nitrogen and oxygen atoms in total. The molecular formula is C16H16N4O2S. The van der Waals surface area contributed by atoms with Crippen LogP contribution in [0, 0.1) is 13.8 Å². The summed E-state index contributed by atoms with van der Waals surface area (Å²) >= 11 is 1.62. The number of nitrogens with zero attached hydrogens (tertiary/aromatic N) is 4. The van der Waals surface area contributed by atoms with E-state index in [9.17, 15) is 4.79 Å². The first-order valence-electron chi connectivity index (χ1n) is 7.60. The maximum atomic E-state index is 12.7. The molecule has 0 spiro atoms. The molecule has 23 heavy (non-hydrogen) atoms. The van der Waals surface area contributed by atoms with E-state index in [1.54, 1.807) is 41.2 Å². The van der Waals surface area contributed by atoms with E-state index in [-0.39, 0.29) is 12.1 Å². The standard InChI is InChI=1S/C16H16N4O2S/c1-9-13(15-17-7-4-8-20(15)19-9)16(21)22-12-6-3-5-11-14(12)23-10(2)18-11/h4,7-8,12H,3,5-6H2,1-2H3. The van der Waals surface area contributed by atoms with Gasteiger partial charge in [-0.1, -0.05) is 0 Å². The molecule has 1 aliphatic rings. The van der Waals surface area contributed by atoms with Gasteiger partial charge in [0.2, 0.25) is 0 Å². The molecule has 4 rings (SSSR count). The number of carbonyl (C=O) groups is 1. The molecule has 0 aromatic carbocycles. The number of aromatic nitrogens is 4. The largest absolute Gasteiger partial charge is 0.453 e. The van der Waals surface area contributed by atoms with Crippen LogP contribution in [0.15, 0.2) is 18.5 Å². The molecule has 0 fully saturated rings. The number of aryl methyl sites for hydroxylation is 3. The highest BCUT2D eigenvalue weighted by molar-refractivity contribution is 7.11. The molecule has 1 atom stereocenters. The number of esters is 1. The Balaban J connectivity index is 1.67. The lowest BCUT2D eigenvalue weighted by molar-refractivity contribution is 0.0266. The van der Waals surface area contributed by atoms with Crippen molar-refractivity contribution >= 4 is 23.0 Å². The molecule has 118 valence electrons. The molecule has 0 aliphatic heterocycles. The molecule has 0 bridgehead atoms. The quantitative estimate of drug-likeness (QED) is 0.676. The average molecular weight is 328 g/mol. The SMILES string of the molecule is Cc1nc2c(s1)C(OC(=O)c1c(C)nn3cccnc13)CCC2. The molecule has 0 saturated carbocycles. The van der Waals surface area contributed by atoms with Crippen molar-refractivity contribution < 1.29 is 9.53 Å². The Morgan fingerprint density at radius 2 is 2.30 bits per heavy atom. The summed E-state index contributed by atoms with van der Waals surface area (Å²) < 4.78 is 7.41. The summed E-state index contributed by atoms with van der Waals surface area (Å²) in [6, 6.07) is 1.78. The number of rotatable bonds is 2. The van der Waals surface area contributed by atoms with Crippen LogP contribution in [0.2, 0.25) is 0 Å². The summed E-state index contributed by atoms with van der Waals surface area (Å²) in [5, 5.41) is 5.34. The van der Waals surface area contributed by atoms with Gasteiger partial charge in [-0.05, 0) is 39.2 Å². The highest BCUT2D eigenvalue weighted by atomic mass is 32.1. The third-order valence-corrected chi connectivity index (χ3v) is 5.14. The summed E-state index contributed by atoms with van der Waals surface area (Å²) in [4.78, 5) is 22.6. The number of hydrogen-bond acceptors (Lipinski definition) is 6. The lowest BCUT2D eigenvalue weighted by Gasteiger charge is -2.21. The summed E-state index contributed by atoms with van der Waals surface area (Å²) in [5.74, 6) is -0.361. The Kier molecular flexibility index (Phi) is 3.37. The predicted molar refractivity (Wildman–Crippen MR) is 85.7 cm³/mol. The van der Waals surface area contributed by atoms with Crippen LogP contribution < -0.4 is 0 Å². The fourth-order valence-corrected chi connectivity index (χ4v) is 4.08. The molecule has 0 saturated heterocycles. The van der Waals surface area contributed by atoms with E-state index in [0.717, 1.165) is 34.8 Å². The van der Waals surface area contributed by atoms with Gasteiger partial charge in [0, 0.05) is 12.4 Å². The Labute approximate surface area is 137 Å². The Bertz CT molecular complexity index is 899. The van der Waals surface area contributed by atoms with Gasteiger partial charge in [-0.15, -0.1) is 11.3 Å². The minimum Gasteiger partial charge on any atom is -0.453 e. The molecule has 3 aromatic rings. The molecule has 3 heterocycles. The van der Waals surface area contributed by atoms with Gasteiger partial charge in [-0.3, -0.25) is 0 Å². The first kappa shape index (κ1) is 14.3. The second-order valence-electron chi connectivity index (χ2n) is 5.68. The predicted octanol–water partition coefficient (Wildman–Crippen LogP) is 3.04. The fourth-order valence-electron chi connectivity index (χ4n) is 3.04. The molecule has 1 unspecified atom stereocenters. The molecule has 0 N–H and O–H groups in total. The van der Waals surface area contributed by atoms with Gasteiger partial charge in [0.1, 0.15) is 11.7 Å². The molecule has 0 amide bonds. The number of fused-ring (bicyclic) bond motifs is 2. The van der Waals surface area contributed by atoms with Crippen molar-refractivity contribution in [2.24, 2.45) is 0 Å². The molecule has 3 aromatic heterocycles. The third kappa shape index (κ3) is 2.41. The zero-order valence-corrected chi connectivity index (χ0v) is 13.8. The van der Waals surface area contributed by atoms with E-state index >= 15 is 0 Å². The van der Waals surface area contributed by atoms with Gasteiger partial charge in [0.15, 0.2) is 5.65 Å². The van der Waals surface area contributed by atoms with Crippen LogP contribution in [0.4, 0.5) is 0 Å². The van der Waals surface area contributed by atoms with Gasteiger partial charge >= 0.3 is 5.97 Å². The maximum absolute atomic E-state index is 12.7. The van der Waals surface area contributed by atoms with Crippen LogP contribution in [0.25, 0.3) is 5.65 Å². The van der Waals surface area contributed by atoms with Crippen molar-refractivity contribution in [3.63, 3.8) is 0 Å². The number of thiazole rings is 1. The number of ether oxygens (including phenoxy) is 1. The van der Waals surface area contributed by atoms with E-state index in [1.165, 1.54) is 0 Å². The van der Waals surface area contributed by atoms with Crippen molar-refractivity contribution in [3.05, 3.63) is 45.3 Å². The third-order valence-electron chi connectivity index (χ3n) is 4.03. The Morgan fingerprint density at radius 1 is 1.43 bits per heavy atom. The minimum absolute atomic E-state index is 0.212. The van der Waals surface area contributed by atoms with Crippen molar-refractivity contribution in [2.75, 3.05) is 0 Å². The van der Waals surface area contributed by atoms with Gasteiger partial charge in [0.05, 0.1) is 21.3 Å².